The van der Waals surface area contributed by atoms with Gasteiger partial charge in [-0.05, 0) is 52.0 Å². The summed E-state index contributed by atoms with van der Waals surface area (Å²) in [4.78, 5) is 17.1. The Morgan fingerprint density at radius 1 is 1.35 bits per heavy atom. The van der Waals surface area contributed by atoms with Crippen molar-refractivity contribution < 1.29 is 24.9 Å². The number of aliphatic hydroxyl groups is 3. The Balaban J connectivity index is 1.79. The Bertz CT molecular complexity index is 852. The van der Waals surface area contributed by atoms with Crippen LogP contribution in [0.2, 0.25) is 0 Å². The zero-order chi connectivity index (χ0) is 25.8. The van der Waals surface area contributed by atoms with E-state index in [4.69, 9.17) is 15.6 Å². The molecule has 7 atom stereocenters. The van der Waals surface area contributed by atoms with Gasteiger partial charge in [0.15, 0.2) is 0 Å². The lowest BCUT2D eigenvalue weighted by Gasteiger charge is -2.33. The van der Waals surface area contributed by atoms with E-state index >= 15 is 0 Å². The molecule has 2 rings (SSSR count). The van der Waals surface area contributed by atoms with Crippen LogP contribution < -0.4 is 5.73 Å². The number of hydrogen-bond donors (Lipinski definition) is 4. The monoisotopic (exact) mass is 496 g/mol. The molecule has 0 radical (unpaired) electrons. The van der Waals surface area contributed by atoms with Crippen LogP contribution >= 0.6 is 11.3 Å². The van der Waals surface area contributed by atoms with Gasteiger partial charge < -0.3 is 25.8 Å². The lowest BCUT2D eigenvalue weighted by molar-refractivity contribution is -0.140. The molecule has 5 N–H and O–H groups in total. The van der Waals surface area contributed by atoms with Crippen molar-refractivity contribution in [2.45, 2.75) is 111 Å². The number of ketones is 1. The first-order valence-corrected chi connectivity index (χ1v) is 13.2. The maximum absolute atomic E-state index is 12.8. The summed E-state index contributed by atoms with van der Waals surface area (Å²) >= 11 is 1.43. The predicted octanol–water partition coefficient (Wildman–Crippen LogP) is 3.69. The number of carbonyl (C=O) groups is 1. The zero-order valence-corrected chi connectivity index (χ0v) is 22.6. The molecule has 0 bridgehead atoms. The molecule has 0 unspecified atom stereocenters. The van der Waals surface area contributed by atoms with E-state index in [2.05, 4.69) is 11.9 Å². The van der Waals surface area contributed by atoms with Gasteiger partial charge >= 0.3 is 0 Å². The van der Waals surface area contributed by atoms with Crippen molar-refractivity contribution in [2.75, 3.05) is 0 Å². The first-order chi connectivity index (χ1) is 15.7. The molecule has 1 aromatic heterocycles. The van der Waals surface area contributed by atoms with Crippen LogP contribution in [0.5, 0.6) is 0 Å². The molecule has 1 saturated heterocycles. The van der Waals surface area contributed by atoms with E-state index in [1.165, 1.54) is 11.3 Å². The van der Waals surface area contributed by atoms with Crippen LogP contribution in [0.25, 0.3) is 6.08 Å². The van der Waals surface area contributed by atoms with E-state index in [9.17, 15) is 15.0 Å². The normalized spacial score (nSPS) is 25.5. The van der Waals surface area contributed by atoms with Crippen molar-refractivity contribution in [1.82, 2.24) is 4.98 Å². The lowest BCUT2D eigenvalue weighted by atomic mass is 9.74. The molecule has 194 valence electrons. The quantitative estimate of drug-likeness (QED) is 0.289. The maximum atomic E-state index is 12.8. The Labute approximate surface area is 208 Å². The maximum Gasteiger partial charge on any atom is 0.146 e. The van der Waals surface area contributed by atoms with E-state index in [1.807, 2.05) is 25.3 Å². The number of thiazole rings is 1. The van der Waals surface area contributed by atoms with Crippen LogP contribution in [-0.4, -0.2) is 56.0 Å². The number of hydrogen-bond acceptors (Lipinski definition) is 8. The van der Waals surface area contributed by atoms with Crippen molar-refractivity contribution in [3.05, 3.63) is 21.7 Å². The SMILES string of the molecule is CC(=Cc1csc(CO)n1)[C@@H](N)C[C@@H]1O[C@]1(C)CCC[C@H](C)[C@H](O)[C@@H](C)C(=O)C(C)(C)[C@H](C)O. The molecule has 1 aliphatic rings. The summed E-state index contributed by atoms with van der Waals surface area (Å²) in [6.07, 6.45) is 3.84. The Kier molecular flexibility index (Phi) is 10.0. The predicted molar refractivity (Wildman–Crippen MR) is 136 cm³/mol. The average Bonchev–Trinajstić information content (AvgIpc) is 3.18. The number of rotatable bonds is 14. The fourth-order valence-corrected chi connectivity index (χ4v) is 5.03. The molecule has 1 fully saturated rings. The van der Waals surface area contributed by atoms with Gasteiger partial charge in [0.25, 0.3) is 0 Å². The van der Waals surface area contributed by atoms with E-state index in [0.717, 1.165) is 37.0 Å². The smallest absolute Gasteiger partial charge is 0.146 e. The second-order valence-corrected chi connectivity index (χ2v) is 11.8. The van der Waals surface area contributed by atoms with Gasteiger partial charge in [-0.1, -0.05) is 39.7 Å². The van der Waals surface area contributed by atoms with Gasteiger partial charge in [-0.2, -0.15) is 0 Å². The molecule has 1 aliphatic heterocycles. The van der Waals surface area contributed by atoms with Crippen LogP contribution in [0.15, 0.2) is 11.0 Å². The van der Waals surface area contributed by atoms with Gasteiger partial charge in [0.05, 0.1) is 36.2 Å². The Morgan fingerprint density at radius 2 is 2.00 bits per heavy atom. The number of nitrogens with zero attached hydrogens (tertiary/aromatic N) is 1. The standard InChI is InChI=1S/C26H44N2O5S/c1-15(23(31)17(3)24(32)25(5,6)18(4)30)9-8-10-26(7)21(33-26)12-20(27)16(2)11-19-14-34-22(13-29)28-19/h11,14-15,17-18,20-21,23,29-31H,8-10,12-13,27H2,1-7H3/t15-,17+,18-,20-,21-,23-,26+/m0/s1. The summed E-state index contributed by atoms with van der Waals surface area (Å²) in [5, 5.41) is 32.4. The van der Waals surface area contributed by atoms with Crippen LogP contribution in [0, 0.1) is 17.3 Å². The van der Waals surface area contributed by atoms with Gasteiger partial charge in [0.2, 0.25) is 0 Å². The van der Waals surface area contributed by atoms with Crippen LogP contribution in [0.1, 0.15) is 84.9 Å². The van der Waals surface area contributed by atoms with E-state index in [-0.39, 0.29) is 36.1 Å². The number of ether oxygens (including phenoxy) is 1. The number of aromatic nitrogens is 1. The number of aliphatic hydroxyl groups excluding tert-OH is 3. The second kappa shape index (κ2) is 11.7. The van der Waals surface area contributed by atoms with E-state index in [0.29, 0.717) is 5.01 Å². The number of epoxide rings is 1. The highest BCUT2D eigenvalue weighted by Crippen LogP contribution is 2.44. The number of carbonyl (C=O) groups excluding carboxylic acids is 1. The summed E-state index contributed by atoms with van der Waals surface area (Å²) in [5.41, 5.74) is 7.16. The minimum Gasteiger partial charge on any atom is -0.392 e. The average molecular weight is 497 g/mol. The summed E-state index contributed by atoms with van der Waals surface area (Å²) in [6, 6.07) is -0.129. The van der Waals surface area contributed by atoms with Crippen molar-refractivity contribution >= 4 is 23.2 Å². The molecule has 34 heavy (non-hydrogen) atoms. The third-order valence-corrected chi connectivity index (χ3v) is 8.54. The van der Waals surface area contributed by atoms with Gasteiger partial charge in [-0.3, -0.25) is 4.79 Å². The van der Waals surface area contributed by atoms with Crippen molar-refractivity contribution in [1.29, 1.82) is 0 Å². The Morgan fingerprint density at radius 3 is 2.56 bits per heavy atom. The fourth-order valence-electron chi connectivity index (χ4n) is 4.42. The molecule has 0 amide bonds. The topological polar surface area (TPSA) is 129 Å². The largest absolute Gasteiger partial charge is 0.392 e. The van der Waals surface area contributed by atoms with E-state index < -0.39 is 23.5 Å². The molecular formula is C26H44N2O5S. The minimum atomic E-state index is -0.880. The molecule has 7 nitrogen and oxygen atoms in total. The van der Waals surface area contributed by atoms with Crippen LogP contribution in [0.3, 0.4) is 0 Å². The highest BCUT2D eigenvalue weighted by Gasteiger charge is 2.51. The van der Waals surface area contributed by atoms with Crippen molar-refractivity contribution in [3.63, 3.8) is 0 Å². The number of Topliss-reactive ketones (excluding diaryl/α,β-unsaturated/α-hetero) is 1. The van der Waals surface area contributed by atoms with Gasteiger partial charge in [-0.25, -0.2) is 4.98 Å². The summed E-state index contributed by atoms with van der Waals surface area (Å²) in [6.45, 7) is 12.8. The summed E-state index contributed by atoms with van der Waals surface area (Å²) in [5.74, 6) is -0.667. The van der Waals surface area contributed by atoms with Crippen molar-refractivity contribution in [2.24, 2.45) is 23.0 Å². The van der Waals surface area contributed by atoms with Gasteiger partial charge in [0, 0.05) is 22.8 Å². The first kappa shape index (κ1) is 29.1. The molecule has 0 aromatic carbocycles. The summed E-state index contributed by atoms with van der Waals surface area (Å²) < 4.78 is 6.00. The molecule has 0 saturated carbocycles. The van der Waals surface area contributed by atoms with Crippen molar-refractivity contribution in [3.8, 4) is 0 Å². The first-order valence-electron chi connectivity index (χ1n) is 12.3. The lowest BCUT2D eigenvalue weighted by Crippen LogP contribution is -2.43. The van der Waals surface area contributed by atoms with E-state index in [1.54, 1.807) is 27.7 Å². The zero-order valence-electron chi connectivity index (χ0n) is 21.7. The van der Waals surface area contributed by atoms with Gasteiger partial charge in [-0.15, -0.1) is 11.3 Å². The molecule has 0 spiro atoms. The third kappa shape index (κ3) is 7.18. The fraction of sp³-hybridized carbons (Fsp3) is 0.769. The molecule has 8 heteroatoms. The molecule has 0 aliphatic carbocycles. The third-order valence-electron chi connectivity index (χ3n) is 7.69. The number of nitrogens with two attached hydrogens (primary N) is 1. The van der Waals surface area contributed by atoms with Gasteiger partial charge in [0.1, 0.15) is 10.8 Å². The van der Waals surface area contributed by atoms with Crippen LogP contribution in [0.4, 0.5) is 0 Å². The molecular weight excluding hydrogens is 452 g/mol. The molecule has 1 aromatic rings. The van der Waals surface area contributed by atoms with Crippen LogP contribution in [-0.2, 0) is 16.1 Å². The highest BCUT2D eigenvalue weighted by molar-refractivity contribution is 7.09. The second-order valence-electron chi connectivity index (χ2n) is 10.9. The Hall–Kier alpha value is -1.16. The molecule has 2 heterocycles. The summed E-state index contributed by atoms with van der Waals surface area (Å²) in [7, 11) is 0. The highest BCUT2D eigenvalue weighted by atomic mass is 32.1. The minimum absolute atomic E-state index is 0.0288.